The molecule has 0 aliphatic rings. The van der Waals surface area contributed by atoms with Crippen molar-refractivity contribution < 1.29 is 4.79 Å². The van der Waals surface area contributed by atoms with Gasteiger partial charge in [-0.15, -0.1) is 11.3 Å². The first kappa shape index (κ1) is 20.8. The SMILES string of the molecule is O=C(NC(=S)NCc1ccc(-c2nc3ccccc3s2)cc1)c1cc(Cl)ccc1Cl. The highest BCUT2D eigenvalue weighted by Crippen LogP contribution is 2.30. The van der Waals surface area contributed by atoms with E-state index in [2.05, 4.69) is 21.7 Å². The van der Waals surface area contributed by atoms with E-state index in [1.807, 2.05) is 42.5 Å². The van der Waals surface area contributed by atoms with Crippen molar-refractivity contribution in [1.82, 2.24) is 15.6 Å². The zero-order valence-corrected chi connectivity index (χ0v) is 18.6. The predicted octanol–water partition coefficient (Wildman–Crippen LogP) is 6.07. The number of carbonyl (C=O) groups excluding carboxylic acids is 1. The van der Waals surface area contributed by atoms with E-state index in [0.29, 0.717) is 16.6 Å². The van der Waals surface area contributed by atoms with Gasteiger partial charge in [-0.25, -0.2) is 4.98 Å². The minimum Gasteiger partial charge on any atom is -0.358 e. The molecule has 0 fully saturated rings. The number of thiocarbonyl (C=S) groups is 1. The lowest BCUT2D eigenvalue weighted by Gasteiger charge is -2.11. The van der Waals surface area contributed by atoms with Crippen LogP contribution in [0.1, 0.15) is 15.9 Å². The quantitative estimate of drug-likeness (QED) is 0.354. The molecule has 0 radical (unpaired) electrons. The molecule has 30 heavy (non-hydrogen) atoms. The third-order valence-corrected chi connectivity index (χ3v) is 6.24. The molecule has 1 amide bonds. The van der Waals surface area contributed by atoms with Crippen LogP contribution in [0.5, 0.6) is 0 Å². The van der Waals surface area contributed by atoms with Crippen LogP contribution in [-0.2, 0) is 6.54 Å². The maximum absolute atomic E-state index is 12.3. The standard InChI is InChI=1S/C22H15Cl2N3OS2/c23-15-9-10-17(24)16(11-15)20(28)27-22(29)25-12-13-5-7-14(8-6-13)21-26-18-3-1-2-4-19(18)30-21/h1-11H,12H2,(H2,25,27,28,29). The number of nitrogens with zero attached hydrogens (tertiary/aromatic N) is 1. The van der Waals surface area contributed by atoms with E-state index < -0.39 is 5.91 Å². The molecule has 4 nitrogen and oxygen atoms in total. The molecule has 0 aliphatic heterocycles. The Bertz CT molecular complexity index is 1210. The summed E-state index contributed by atoms with van der Waals surface area (Å²) < 4.78 is 1.17. The average Bonchev–Trinajstić information content (AvgIpc) is 3.18. The van der Waals surface area contributed by atoms with E-state index in [9.17, 15) is 4.79 Å². The fourth-order valence-electron chi connectivity index (χ4n) is 2.83. The lowest BCUT2D eigenvalue weighted by Crippen LogP contribution is -2.38. The third-order valence-electron chi connectivity index (χ3n) is 4.35. The normalized spacial score (nSPS) is 10.7. The molecule has 8 heteroatoms. The maximum Gasteiger partial charge on any atom is 0.258 e. The Morgan fingerprint density at radius 1 is 1.03 bits per heavy atom. The largest absolute Gasteiger partial charge is 0.358 e. The summed E-state index contributed by atoms with van der Waals surface area (Å²) in [4.78, 5) is 17.0. The second-order valence-electron chi connectivity index (χ2n) is 6.44. The molecule has 3 aromatic carbocycles. The molecule has 0 saturated carbocycles. The summed E-state index contributed by atoms with van der Waals surface area (Å²) in [5.41, 5.74) is 3.36. The minimum absolute atomic E-state index is 0.214. The number of fused-ring (bicyclic) bond motifs is 1. The number of para-hydroxylation sites is 1. The van der Waals surface area contributed by atoms with Gasteiger partial charge in [0.15, 0.2) is 5.11 Å². The first-order valence-corrected chi connectivity index (χ1v) is 11.0. The summed E-state index contributed by atoms with van der Waals surface area (Å²) >= 11 is 18.9. The Labute approximate surface area is 192 Å². The molecule has 2 N–H and O–H groups in total. The summed E-state index contributed by atoms with van der Waals surface area (Å²) in [6.45, 7) is 0.475. The molecular formula is C22H15Cl2N3OS2. The average molecular weight is 472 g/mol. The van der Waals surface area contributed by atoms with Gasteiger partial charge in [-0.1, -0.05) is 59.6 Å². The van der Waals surface area contributed by atoms with E-state index in [-0.39, 0.29) is 10.7 Å². The highest BCUT2D eigenvalue weighted by molar-refractivity contribution is 7.80. The van der Waals surface area contributed by atoms with Crippen molar-refractivity contribution in [3.05, 3.63) is 87.9 Å². The fourth-order valence-corrected chi connectivity index (χ4v) is 4.34. The first-order chi connectivity index (χ1) is 14.5. The number of hydrogen-bond acceptors (Lipinski definition) is 4. The Kier molecular flexibility index (Phi) is 6.29. The van der Waals surface area contributed by atoms with Gasteiger partial charge in [0, 0.05) is 17.1 Å². The molecule has 0 aliphatic carbocycles. The molecule has 0 unspecified atom stereocenters. The van der Waals surface area contributed by atoms with Crippen LogP contribution in [0, 0.1) is 0 Å². The predicted molar refractivity (Wildman–Crippen MR) is 128 cm³/mol. The molecule has 0 atom stereocenters. The van der Waals surface area contributed by atoms with Crippen LogP contribution in [0.25, 0.3) is 20.8 Å². The van der Waals surface area contributed by atoms with Crippen molar-refractivity contribution in [1.29, 1.82) is 0 Å². The molecular weight excluding hydrogens is 457 g/mol. The lowest BCUT2D eigenvalue weighted by molar-refractivity contribution is 0.0977. The van der Waals surface area contributed by atoms with Crippen LogP contribution in [0.15, 0.2) is 66.7 Å². The number of amides is 1. The van der Waals surface area contributed by atoms with Crippen molar-refractivity contribution >= 4 is 68.0 Å². The number of nitrogens with one attached hydrogen (secondary N) is 2. The van der Waals surface area contributed by atoms with Crippen LogP contribution in [0.3, 0.4) is 0 Å². The van der Waals surface area contributed by atoms with Crippen LogP contribution in [0.4, 0.5) is 0 Å². The van der Waals surface area contributed by atoms with Crippen molar-refractivity contribution in [3.8, 4) is 10.6 Å². The number of thiazole rings is 1. The van der Waals surface area contributed by atoms with E-state index in [4.69, 9.17) is 35.4 Å². The van der Waals surface area contributed by atoms with Crippen LogP contribution < -0.4 is 10.6 Å². The summed E-state index contributed by atoms with van der Waals surface area (Å²) in [7, 11) is 0. The van der Waals surface area contributed by atoms with Crippen molar-refractivity contribution in [2.75, 3.05) is 0 Å². The highest BCUT2D eigenvalue weighted by atomic mass is 35.5. The van der Waals surface area contributed by atoms with Gasteiger partial charge in [0.1, 0.15) is 5.01 Å². The summed E-state index contributed by atoms with van der Waals surface area (Å²) in [5, 5.41) is 7.58. The van der Waals surface area contributed by atoms with E-state index in [1.165, 1.54) is 10.8 Å². The van der Waals surface area contributed by atoms with Gasteiger partial charge in [0.25, 0.3) is 5.91 Å². The molecule has 0 saturated heterocycles. The van der Waals surface area contributed by atoms with Crippen LogP contribution in [0.2, 0.25) is 10.0 Å². The Hall–Kier alpha value is -2.51. The topological polar surface area (TPSA) is 54.0 Å². The molecule has 0 spiro atoms. The zero-order chi connectivity index (χ0) is 21.1. The lowest BCUT2D eigenvalue weighted by atomic mass is 10.1. The zero-order valence-electron chi connectivity index (χ0n) is 15.5. The number of halogens is 2. The Morgan fingerprint density at radius 2 is 1.80 bits per heavy atom. The van der Waals surface area contributed by atoms with E-state index in [1.54, 1.807) is 23.5 Å². The van der Waals surface area contributed by atoms with Gasteiger partial charge in [0.2, 0.25) is 0 Å². The van der Waals surface area contributed by atoms with Crippen molar-refractivity contribution in [3.63, 3.8) is 0 Å². The summed E-state index contributed by atoms with van der Waals surface area (Å²) in [6.07, 6.45) is 0. The first-order valence-electron chi connectivity index (χ1n) is 8.99. The number of rotatable bonds is 4. The van der Waals surface area contributed by atoms with Crippen LogP contribution >= 0.6 is 46.8 Å². The molecule has 1 heterocycles. The van der Waals surface area contributed by atoms with Gasteiger partial charge in [-0.05, 0) is 48.1 Å². The van der Waals surface area contributed by atoms with Gasteiger partial charge in [-0.2, -0.15) is 0 Å². The molecule has 0 bridgehead atoms. The molecule has 4 aromatic rings. The van der Waals surface area contributed by atoms with Gasteiger partial charge in [-0.3, -0.25) is 10.1 Å². The second-order valence-corrected chi connectivity index (χ2v) is 8.73. The van der Waals surface area contributed by atoms with Crippen molar-refractivity contribution in [2.24, 2.45) is 0 Å². The van der Waals surface area contributed by atoms with Gasteiger partial charge >= 0.3 is 0 Å². The van der Waals surface area contributed by atoms with Crippen LogP contribution in [-0.4, -0.2) is 16.0 Å². The molecule has 4 rings (SSSR count). The van der Waals surface area contributed by atoms with Gasteiger partial charge in [0.05, 0.1) is 20.8 Å². The highest BCUT2D eigenvalue weighted by Gasteiger charge is 2.12. The molecule has 1 aromatic heterocycles. The maximum atomic E-state index is 12.3. The van der Waals surface area contributed by atoms with Gasteiger partial charge < -0.3 is 5.32 Å². The number of carbonyl (C=O) groups is 1. The Balaban J connectivity index is 1.36. The number of hydrogen-bond donors (Lipinski definition) is 2. The fraction of sp³-hybridized carbons (Fsp3) is 0.0455. The van der Waals surface area contributed by atoms with E-state index >= 15 is 0 Å². The molecule has 150 valence electrons. The second kappa shape index (κ2) is 9.10. The smallest absolute Gasteiger partial charge is 0.258 e. The van der Waals surface area contributed by atoms with E-state index in [0.717, 1.165) is 21.7 Å². The number of aromatic nitrogens is 1. The third kappa shape index (κ3) is 4.79. The number of benzene rings is 3. The monoisotopic (exact) mass is 471 g/mol. The minimum atomic E-state index is -0.411. The summed E-state index contributed by atoms with van der Waals surface area (Å²) in [6, 6.07) is 20.9. The summed E-state index contributed by atoms with van der Waals surface area (Å²) in [5.74, 6) is -0.411. The van der Waals surface area contributed by atoms with Crippen molar-refractivity contribution in [2.45, 2.75) is 6.54 Å². The Morgan fingerprint density at radius 3 is 2.57 bits per heavy atom.